The third-order valence-corrected chi connectivity index (χ3v) is 4.39. The van der Waals surface area contributed by atoms with Gasteiger partial charge in [-0.3, -0.25) is 9.59 Å². The molecule has 0 radical (unpaired) electrons. The third kappa shape index (κ3) is 5.78. The summed E-state index contributed by atoms with van der Waals surface area (Å²) in [6.45, 7) is 8.44. The minimum Gasteiger partial charge on any atom is -0.350 e. The fourth-order valence-electron chi connectivity index (χ4n) is 3.24. The first kappa shape index (κ1) is 20.9. The highest BCUT2D eigenvalue weighted by Crippen LogP contribution is 2.19. The molecule has 2 amide bonds. The molecule has 0 saturated carbocycles. The lowest BCUT2D eigenvalue weighted by Crippen LogP contribution is -2.61. The zero-order valence-electron chi connectivity index (χ0n) is 16.2. The molecule has 1 heterocycles. The Bertz CT molecular complexity index is 765. The molecule has 1 aromatic carbocycles. The predicted octanol–water partition coefficient (Wildman–Crippen LogP) is 3.10. The monoisotopic (exact) mass is 376 g/mol. The number of amides is 2. The van der Waals surface area contributed by atoms with Crippen LogP contribution in [-0.2, 0) is 9.59 Å². The van der Waals surface area contributed by atoms with Gasteiger partial charge in [-0.2, -0.15) is 0 Å². The van der Waals surface area contributed by atoms with Crippen LogP contribution in [0.5, 0.6) is 0 Å². The van der Waals surface area contributed by atoms with Gasteiger partial charge in [0.1, 0.15) is 17.7 Å². The minimum absolute atomic E-state index is 0.0506. The second kappa shape index (κ2) is 8.98. The lowest BCUT2D eigenvalue weighted by atomic mass is 9.95. The van der Waals surface area contributed by atoms with E-state index in [2.05, 4.69) is 31.0 Å². The summed E-state index contributed by atoms with van der Waals surface area (Å²) in [6, 6.07) is 2.29. The molecule has 1 fully saturated rings. The number of rotatable bonds is 4. The Balaban J connectivity index is 2.24. The first-order valence-electron chi connectivity index (χ1n) is 9.25. The van der Waals surface area contributed by atoms with Gasteiger partial charge in [0, 0.05) is 24.6 Å². The van der Waals surface area contributed by atoms with Gasteiger partial charge in [0.2, 0.25) is 5.91 Å². The number of carbonyl (C=O) groups is 2. The van der Waals surface area contributed by atoms with Crippen molar-refractivity contribution >= 4 is 11.8 Å². The highest BCUT2D eigenvalue weighted by molar-refractivity contribution is 5.98. The SMILES string of the molecule is CC(C)CC1CN(C(=O)C#Cc2ccc(F)cc2F)[C@@H](CC(C)C)C(=O)N1. The van der Waals surface area contributed by atoms with Gasteiger partial charge >= 0.3 is 0 Å². The summed E-state index contributed by atoms with van der Waals surface area (Å²) in [7, 11) is 0. The highest BCUT2D eigenvalue weighted by atomic mass is 19.1. The summed E-state index contributed by atoms with van der Waals surface area (Å²) in [5.41, 5.74) is -0.0506. The van der Waals surface area contributed by atoms with Gasteiger partial charge < -0.3 is 10.2 Å². The Kier molecular flexibility index (Phi) is 6.95. The molecule has 27 heavy (non-hydrogen) atoms. The topological polar surface area (TPSA) is 49.4 Å². The molecular weight excluding hydrogens is 350 g/mol. The molecule has 4 nitrogen and oxygen atoms in total. The van der Waals surface area contributed by atoms with E-state index in [1.807, 2.05) is 13.8 Å². The molecule has 0 aliphatic carbocycles. The third-order valence-electron chi connectivity index (χ3n) is 4.39. The quantitative estimate of drug-likeness (QED) is 0.821. The predicted molar refractivity (Wildman–Crippen MR) is 99.6 cm³/mol. The van der Waals surface area contributed by atoms with Gasteiger partial charge in [-0.25, -0.2) is 8.78 Å². The first-order chi connectivity index (χ1) is 12.7. The van der Waals surface area contributed by atoms with E-state index in [1.165, 1.54) is 11.0 Å². The van der Waals surface area contributed by atoms with Crippen LogP contribution in [0, 0.1) is 35.3 Å². The molecule has 0 bridgehead atoms. The van der Waals surface area contributed by atoms with Gasteiger partial charge in [-0.15, -0.1) is 0 Å². The molecule has 1 unspecified atom stereocenters. The number of benzene rings is 1. The van der Waals surface area contributed by atoms with E-state index in [0.29, 0.717) is 18.9 Å². The lowest BCUT2D eigenvalue weighted by molar-refractivity contribution is -0.142. The van der Waals surface area contributed by atoms with E-state index >= 15 is 0 Å². The van der Waals surface area contributed by atoms with Crippen LogP contribution in [0.15, 0.2) is 18.2 Å². The molecule has 1 aromatic rings. The number of hydrogen-bond donors (Lipinski definition) is 1. The van der Waals surface area contributed by atoms with Crippen LogP contribution in [0.1, 0.15) is 46.1 Å². The Morgan fingerprint density at radius 2 is 1.89 bits per heavy atom. The number of hydrogen-bond acceptors (Lipinski definition) is 2. The van der Waals surface area contributed by atoms with Crippen molar-refractivity contribution in [1.29, 1.82) is 0 Å². The average Bonchev–Trinajstić information content (AvgIpc) is 2.55. The number of halogens is 2. The van der Waals surface area contributed by atoms with Crippen LogP contribution in [-0.4, -0.2) is 35.3 Å². The Morgan fingerprint density at radius 1 is 1.22 bits per heavy atom. The Hall–Kier alpha value is -2.42. The number of nitrogens with one attached hydrogen (secondary N) is 1. The first-order valence-corrected chi connectivity index (χ1v) is 9.25. The summed E-state index contributed by atoms with van der Waals surface area (Å²) in [4.78, 5) is 26.7. The highest BCUT2D eigenvalue weighted by Gasteiger charge is 2.37. The van der Waals surface area contributed by atoms with Crippen molar-refractivity contribution in [3.05, 3.63) is 35.4 Å². The van der Waals surface area contributed by atoms with E-state index in [9.17, 15) is 18.4 Å². The summed E-state index contributed by atoms with van der Waals surface area (Å²) in [5.74, 6) is 3.26. The van der Waals surface area contributed by atoms with E-state index in [1.54, 1.807) is 0 Å². The standard InChI is InChI=1S/C21H26F2N2O2/c1-13(2)9-17-12-25(19(10-14(3)4)21(27)24-17)20(26)8-6-15-5-7-16(22)11-18(15)23/h5,7,11,13-14,17,19H,9-10,12H2,1-4H3,(H,24,27)/t17?,19-/m0/s1. The van der Waals surface area contributed by atoms with Crippen LogP contribution >= 0.6 is 0 Å². The molecule has 2 rings (SSSR count). The fourth-order valence-corrected chi connectivity index (χ4v) is 3.24. The molecule has 1 aliphatic rings. The summed E-state index contributed by atoms with van der Waals surface area (Å²) >= 11 is 0. The van der Waals surface area contributed by atoms with Crippen molar-refractivity contribution in [1.82, 2.24) is 10.2 Å². The minimum atomic E-state index is -0.817. The summed E-state index contributed by atoms with van der Waals surface area (Å²) in [6.07, 6.45) is 1.28. The molecule has 0 spiro atoms. The van der Waals surface area contributed by atoms with E-state index in [0.717, 1.165) is 18.6 Å². The van der Waals surface area contributed by atoms with Gasteiger partial charge in [-0.1, -0.05) is 33.6 Å². The molecule has 2 atom stereocenters. The van der Waals surface area contributed by atoms with Crippen molar-refractivity contribution in [3.8, 4) is 11.8 Å². The molecule has 0 aromatic heterocycles. The van der Waals surface area contributed by atoms with Gasteiger partial charge in [0.25, 0.3) is 5.91 Å². The molecule has 146 valence electrons. The van der Waals surface area contributed by atoms with E-state index in [-0.39, 0.29) is 23.4 Å². The van der Waals surface area contributed by atoms with Crippen LogP contribution in [0.25, 0.3) is 0 Å². The number of carbonyl (C=O) groups excluding carboxylic acids is 2. The van der Waals surface area contributed by atoms with Gasteiger partial charge in [0.05, 0.1) is 5.56 Å². The van der Waals surface area contributed by atoms with Crippen molar-refractivity contribution in [3.63, 3.8) is 0 Å². The summed E-state index contributed by atoms with van der Waals surface area (Å²) < 4.78 is 26.7. The maximum atomic E-state index is 13.7. The van der Waals surface area contributed by atoms with Crippen LogP contribution in [0.3, 0.4) is 0 Å². The normalized spacial score (nSPS) is 19.7. The second-order valence-corrected chi connectivity index (χ2v) is 7.81. The van der Waals surface area contributed by atoms with Crippen molar-refractivity contribution in [2.24, 2.45) is 11.8 Å². The second-order valence-electron chi connectivity index (χ2n) is 7.81. The smallest absolute Gasteiger partial charge is 0.299 e. The average molecular weight is 376 g/mol. The summed E-state index contributed by atoms with van der Waals surface area (Å²) in [5, 5.41) is 2.99. The zero-order valence-corrected chi connectivity index (χ0v) is 16.2. The molecule has 1 aliphatic heterocycles. The zero-order chi connectivity index (χ0) is 20.1. The molecule has 1 saturated heterocycles. The molecule has 1 N–H and O–H groups in total. The Morgan fingerprint density at radius 3 is 2.48 bits per heavy atom. The van der Waals surface area contributed by atoms with Gasteiger partial charge in [-0.05, 0) is 36.8 Å². The Labute approximate surface area is 159 Å². The van der Waals surface area contributed by atoms with Crippen LogP contribution < -0.4 is 5.32 Å². The maximum Gasteiger partial charge on any atom is 0.299 e. The van der Waals surface area contributed by atoms with E-state index < -0.39 is 23.6 Å². The largest absolute Gasteiger partial charge is 0.350 e. The van der Waals surface area contributed by atoms with Crippen LogP contribution in [0.2, 0.25) is 0 Å². The number of nitrogens with zero attached hydrogens (tertiary/aromatic N) is 1. The lowest BCUT2D eigenvalue weighted by Gasteiger charge is -2.39. The number of piperazine rings is 1. The fraction of sp³-hybridized carbons (Fsp3) is 0.524. The maximum absolute atomic E-state index is 13.7. The molecule has 6 heteroatoms. The van der Waals surface area contributed by atoms with Crippen molar-refractivity contribution < 1.29 is 18.4 Å². The van der Waals surface area contributed by atoms with Gasteiger partial charge in [0.15, 0.2) is 0 Å². The van der Waals surface area contributed by atoms with Crippen molar-refractivity contribution in [2.45, 2.75) is 52.6 Å². The molecular formula is C21H26F2N2O2. The van der Waals surface area contributed by atoms with Crippen LogP contribution in [0.4, 0.5) is 8.78 Å². The van der Waals surface area contributed by atoms with E-state index in [4.69, 9.17) is 0 Å². The van der Waals surface area contributed by atoms with Crippen molar-refractivity contribution in [2.75, 3.05) is 6.54 Å².